The summed E-state index contributed by atoms with van der Waals surface area (Å²) in [5.41, 5.74) is -0.603. The van der Waals surface area contributed by atoms with Gasteiger partial charge in [0, 0.05) is 0 Å². The lowest BCUT2D eigenvalue weighted by Gasteiger charge is -2.14. The van der Waals surface area contributed by atoms with Crippen molar-refractivity contribution in [3.63, 3.8) is 0 Å². The zero-order chi connectivity index (χ0) is 23.4. The molecule has 170 valence electrons. The maximum absolute atomic E-state index is 13.7. The number of methoxy groups -OCH3 is 2. The van der Waals surface area contributed by atoms with Gasteiger partial charge in [-0.2, -0.15) is 0 Å². The van der Waals surface area contributed by atoms with E-state index in [1.54, 1.807) is 12.1 Å². The Balaban J connectivity index is 1.60. The van der Waals surface area contributed by atoms with E-state index in [2.05, 4.69) is 0 Å². The molecular weight excluding hydrogens is 435 g/mol. The van der Waals surface area contributed by atoms with Gasteiger partial charge in [-0.1, -0.05) is 0 Å². The molecule has 0 N–H and O–H groups in total. The van der Waals surface area contributed by atoms with Crippen LogP contribution >= 0.6 is 0 Å². The zero-order valence-electron chi connectivity index (χ0n) is 17.0. The molecule has 11 heteroatoms. The molecule has 32 heavy (non-hydrogen) atoms. The number of benzene rings is 2. The molecule has 1 atom stereocenters. The van der Waals surface area contributed by atoms with E-state index in [-0.39, 0.29) is 18.7 Å². The van der Waals surface area contributed by atoms with Crippen molar-refractivity contribution in [3.8, 4) is 11.5 Å². The maximum atomic E-state index is 13.7. The number of hydrogen-bond acceptors (Lipinski definition) is 7. The lowest BCUT2D eigenvalue weighted by atomic mass is 10.1. The molecule has 1 aliphatic rings. The molecule has 2 aromatic carbocycles. The van der Waals surface area contributed by atoms with Gasteiger partial charge in [-0.15, -0.1) is 0 Å². The van der Waals surface area contributed by atoms with E-state index in [1.165, 1.54) is 20.3 Å². The predicted octanol–water partition coefficient (Wildman–Crippen LogP) is 2.98. The number of hydrogen-bond donors (Lipinski definition) is 0. The van der Waals surface area contributed by atoms with E-state index >= 15 is 0 Å². The Morgan fingerprint density at radius 3 is 2.50 bits per heavy atom. The molecule has 0 aliphatic carbocycles. The van der Waals surface area contributed by atoms with Crippen LogP contribution in [0.4, 0.5) is 18.0 Å². The first-order chi connectivity index (χ1) is 15.2. The summed E-state index contributed by atoms with van der Waals surface area (Å²) < 4.78 is 60.1. The Hall–Kier alpha value is -3.76. The summed E-state index contributed by atoms with van der Waals surface area (Å²) in [5.74, 6) is -5.92. The summed E-state index contributed by atoms with van der Waals surface area (Å²) in [7, 11) is 2.83. The lowest BCUT2D eigenvalue weighted by molar-refractivity contribution is 0.0294. The van der Waals surface area contributed by atoms with Crippen molar-refractivity contribution < 1.29 is 46.5 Å². The van der Waals surface area contributed by atoms with Gasteiger partial charge in [-0.25, -0.2) is 22.8 Å². The van der Waals surface area contributed by atoms with Gasteiger partial charge in [-0.3, -0.25) is 9.69 Å². The summed E-state index contributed by atoms with van der Waals surface area (Å²) in [6.07, 6.45) is -1.76. The van der Waals surface area contributed by atoms with Crippen LogP contribution in [0.15, 0.2) is 30.3 Å². The summed E-state index contributed by atoms with van der Waals surface area (Å²) in [6, 6.07) is 5.96. The Morgan fingerprint density at radius 2 is 1.81 bits per heavy atom. The number of rotatable bonds is 8. The summed E-state index contributed by atoms with van der Waals surface area (Å²) >= 11 is 0. The fraction of sp³-hybridized carbons (Fsp3) is 0.286. The molecular formula is C21H18F3NO7. The van der Waals surface area contributed by atoms with Crippen molar-refractivity contribution in [3.05, 3.63) is 58.9 Å². The Morgan fingerprint density at radius 1 is 1.06 bits per heavy atom. The number of carbonyl (C=O) groups is 3. The molecule has 1 saturated heterocycles. The number of ether oxygens (including phenoxy) is 4. The van der Waals surface area contributed by atoms with Crippen LogP contribution in [-0.4, -0.2) is 62.8 Å². The largest absolute Gasteiger partial charge is 0.497 e. The average molecular weight is 453 g/mol. The highest BCUT2D eigenvalue weighted by atomic mass is 19.2. The fourth-order valence-corrected chi connectivity index (χ4v) is 3.01. The smallest absolute Gasteiger partial charge is 0.410 e. The molecule has 0 radical (unpaired) electrons. The monoisotopic (exact) mass is 453 g/mol. The van der Waals surface area contributed by atoms with Crippen molar-refractivity contribution in [1.82, 2.24) is 4.90 Å². The highest BCUT2D eigenvalue weighted by molar-refractivity contribution is 6.01. The third kappa shape index (κ3) is 4.76. The van der Waals surface area contributed by atoms with Crippen LogP contribution in [0.3, 0.4) is 0 Å². The van der Waals surface area contributed by atoms with Crippen LogP contribution in [0.5, 0.6) is 11.5 Å². The van der Waals surface area contributed by atoms with E-state index in [0.29, 0.717) is 17.6 Å². The van der Waals surface area contributed by atoms with Crippen LogP contribution in [0.25, 0.3) is 0 Å². The molecule has 1 aliphatic heterocycles. The third-order valence-corrected chi connectivity index (χ3v) is 4.65. The molecule has 0 saturated carbocycles. The summed E-state index contributed by atoms with van der Waals surface area (Å²) in [6.45, 7) is -0.912. The van der Waals surface area contributed by atoms with Crippen LogP contribution in [0.1, 0.15) is 20.7 Å². The van der Waals surface area contributed by atoms with Crippen molar-refractivity contribution in [1.29, 1.82) is 0 Å². The number of Topliss-reactive ketones (excluding diaryl/α,β-unsaturated/α-hetero) is 1. The van der Waals surface area contributed by atoms with Crippen LogP contribution in [0.2, 0.25) is 0 Å². The SMILES string of the molecule is COc1ccc(OC)c(C(=O)CN2CC(COC(=O)c3ccc(F)c(F)c3F)OC2=O)c1. The molecule has 1 unspecified atom stereocenters. The second-order valence-corrected chi connectivity index (χ2v) is 6.70. The van der Waals surface area contributed by atoms with E-state index in [9.17, 15) is 27.6 Å². The first kappa shape index (κ1) is 22.9. The van der Waals surface area contributed by atoms with Gasteiger partial charge < -0.3 is 18.9 Å². The number of amides is 1. The molecule has 2 aromatic rings. The summed E-state index contributed by atoms with van der Waals surface area (Å²) in [4.78, 5) is 37.8. The summed E-state index contributed by atoms with van der Waals surface area (Å²) in [5, 5.41) is 0. The molecule has 1 amide bonds. The first-order valence-corrected chi connectivity index (χ1v) is 9.26. The quantitative estimate of drug-likeness (QED) is 0.345. The molecule has 1 fully saturated rings. The lowest BCUT2D eigenvalue weighted by Crippen LogP contribution is -2.32. The van der Waals surface area contributed by atoms with Crippen molar-refractivity contribution in [2.75, 3.05) is 33.9 Å². The maximum Gasteiger partial charge on any atom is 0.410 e. The highest BCUT2D eigenvalue weighted by Crippen LogP contribution is 2.25. The fourth-order valence-electron chi connectivity index (χ4n) is 3.01. The third-order valence-electron chi connectivity index (χ3n) is 4.65. The van der Waals surface area contributed by atoms with Gasteiger partial charge in [-0.05, 0) is 30.3 Å². The van der Waals surface area contributed by atoms with Gasteiger partial charge in [0.1, 0.15) is 18.1 Å². The van der Waals surface area contributed by atoms with Gasteiger partial charge in [0.25, 0.3) is 0 Å². The molecule has 8 nitrogen and oxygen atoms in total. The zero-order valence-corrected chi connectivity index (χ0v) is 17.0. The minimum absolute atomic E-state index is 0.0929. The minimum Gasteiger partial charge on any atom is -0.497 e. The van der Waals surface area contributed by atoms with Crippen molar-refractivity contribution in [2.45, 2.75) is 6.10 Å². The standard InChI is InChI=1S/C21H18F3NO7/c1-29-11-3-6-17(30-2)14(7-11)16(26)9-25-8-12(32-21(25)28)10-31-20(27)13-4-5-15(22)19(24)18(13)23/h3-7,12H,8-10H2,1-2H3. The van der Waals surface area contributed by atoms with Crippen LogP contribution < -0.4 is 9.47 Å². The number of esters is 1. The number of carbonyl (C=O) groups excluding carboxylic acids is 3. The molecule has 1 heterocycles. The van der Waals surface area contributed by atoms with Crippen molar-refractivity contribution >= 4 is 17.8 Å². The number of ketones is 1. The van der Waals surface area contributed by atoms with Gasteiger partial charge in [0.15, 0.2) is 29.3 Å². The minimum atomic E-state index is -1.80. The molecule has 0 aromatic heterocycles. The Kier molecular flexibility index (Phi) is 6.86. The molecule has 3 rings (SSSR count). The van der Waals surface area contributed by atoms with E-state index in [4.69, 9.17) is 18.9 Å². The Bertz CT molecular complexity index is 1060. The van der Waals surface area contributed by atoms with Crippen LogP contribution in [-0.2, 0) is 9.47 Å². The predicted molar refractivity (Wildman–Crippen MR) is 102 cm³/mol. The van der Waals surface area contributed by atoms with Gasteiger partial charge >= 0.3 is 12.1 Å². The second-order valence-electron chi connectivity index (χ2n) is 6.70. The second kappa shape index (κ2) is 9.58. The number of nitrogens with zero attached hydrogens (tertiary/aromatic N) is 1. The van der Waals surface area contributed by atoms with E-state index in [1.807, 2.05) is 0 Å². The van der Waals surface area contributed by atoms with Crippen LogP contribution in [0, 0.1) is 17.5 Å². The van der Waals surface area contributed by atoms with Crippen molar-refractivity contribution in [2.24, 2.45) is 0 Å². The topological polar surface area (TPSA) is 91.4 Å². The average Bonchev–Trinajstić information content (AvgIpc) is 3.14. The normalized spacial score (nSPS) is 15.3. The number of halogens is 3. The molecule has 0 spiro atoms. The van der Waals surface area contributed by atoms with E-state index < -0.39 is 53.6 Å². The molecule has 0 bridgehead atoms. The highest BCUT2D eigenvalue weighted by Gasteiger charge is 2.34. The van der Waals surface area contributed by atoms with Gasteiger partial charge in [0.2, 0.25) is 0 Å². The first-order valence-electron chi connectivity index (χ1n) is 9.26. The number of cyclic esters (lactones) is 1. The van der Waals surface area contributed by atoms with E-state index in [0.717, 1.165) is 11.0 Å². The Labute approximate surface area is 180 Å². The van der Waals surface area contributed by atoms with Gasteiger partial charge in [0.05, 0.1) is 38.4 Å².